The first-order chi connectivity index (χ1) is 8.01. The average Bonchev–Trinajstić information content (AvgIpc) is 2.29. The van der Waals surface area contributed by atoms with E-state index in [0.29, 0.717) is 5.92 Å². The largest absolute Gasteiger partial charge is 0.336 e. The standard InChI is InChI=1S/C13H23N3O/c1-4-11-5-7-13(9-14,8-6-11)16-12(17)15-10(2)3/h10-11H,4-8H2,1-3H3,(H2,15,16,17). The summed E-state index contributed by atoms with van der Waals surface area (Å²) in [4.78, 5) is 11.7. The smallest absolute Gasteiger partial charge is 0.316 e. The molecule has 2 N–H and O–H groups in total. The van der Waals surface area contributed by atoms with Crippen molar-refractivity contribution in [3.8, 4) is 6.07 Å². The predicted octanol–water partition coefficient (Wildman–Crippen LogP) is 2.56. The van der Waals surface area contributed by atoms with Gasteiger partial charge in [-0.15, -0.1) is 0 Å². The maximum atomic E-state index is 11.7. The minimum Gasteiger partial charge on any atom is -0.336 e. The van der Waals surface area contributed by atoms with Crippen molar-refractivity contribution >= 4 is 6.03 Å². The number of rotatable bonds is 3. The molecule has 0 spiro atoms. The van der Waals surface area contributed by atoms with Crippen molar-refractivity contribution < 1.29 is 4.79 Å². The topological polar surface area (TPSA) is 64.9 Å². The molecule has 1 aliphatic carbocycles. The van der Waals surface area contributed by atoms with E-state index in [4.69, 9.17) is 0 Å². The van der Waals surface area contributed by atoms with Gasteiger partial charge in [0.25, 0.3) is 0 Å². The van der Waals surface area contributed by atoms with E-state index in [0.717, 1.165) is 25.7 Å². The van der Waals surface area contributed by atoms with Gasteiger partial charge in [0.15, 0.2) is 0 Å². The van der Waals surface area contributed by atoms with Gasteiger partial charge in [0, 0.05) is 6.04 Å². The van der Waals surface area contributed by atoms with E-state index in [1.807, 2.05) is 13.8 Å². The van der Waals surface area contributed by atoms with E-state index in [-0.39, 0.29) is 12.1 Å². The van der Waals surface area contributed by atoms with Gasteiger partial charge in [-0.3, -0.25) is 0 Å². The first kappa shape index (κ1) is 13.8. The predicted molar refractivity (Wildman–Crippen MR) is 67.4 cm³/mol. The summed E-state index contributed by atoms with van der Waals surface area (Å²) in [5.74, 6) is 0.714. The summed E-state index contributed by atoms with van der Waals surface area (Å²) in [6, 6.07) is 2.16. The van der Waals surface area contributed by atoms with Crippen LogP contribution >= 0.6 is 0 Å². The van der Waals surface area contributed by atoms with E-state index < -0.39 is 5.54 Å². The van der Waals surface area contributed by atoms with Crippen LogP contribution in [0.25, 0.3) is 0 Å². The molecule has 4 heteroatoms. The molecule has 0 heterocycles. The Balaban J connectivity index is 2.54. The zero-order valence-electron chi connectivity index (χ0n) is 11.0. The van der Waals surface area contributed by atoms with Crippen LogP contribution in [-0.4, -0.2) is 17.6 Å². The number of amides is 2. The molecule has 1 aliphatic rings. The first-order valence-electron chi connectivity index (χ1n) is 6.51. The molecule has 0 radical (unpaired) electrons. The Morgan fingerprint density at radius 1 is 1.47 bits per heavy atom. The van der Waals surface area contributed by atoms with Gasteiger partial charge in [-0.1, -0.05) is 13.3 Å². The third kappa shape index (κ3) is 3.92. The Kier molecular flexibility index (Phi) is 4.80. The molecule has 0 aromatic carbocycles. The Labute approximate surface area is 104 Å². The fourth-order valence-corrected chi connectivity index (χ4v) is 2.36. The van der Waals surface area contributed by atoms with E-state index in [1.54, 1.807) is 0 Å². The quantitative estimate of drug-likeness (QED) is 0.792. The molecule has 2 amide bonds. The Bertz CT molecular complexity index is 298. The molecule has 0 saturated heterocycles. The molecule has 17 heavy (non-hydrogen) atoms. The highest BCUT2D eigenvalue weighted by Crippen LogP contribution is 2.33. The number of carbonyl (C=O) groups is 1. The number of urea groups is 1. The summed E-state index contributed by atoms with van der Waals surface area (Å²) in [6.07, 6.45) is 4.78. The van der Waals surface area contributed by atoms with E-state index in [1.165, 1.54) is 6.42 Å². The summed E-state index contributed by atoms with van der Waals surface area (Å²) in [7, 11) is 0. The second-order valence-corrected chi connectivity index (χ2v) is 5.30. The first-order valence-corrected chi connectivity index (χ1v) is 6.51. The van der Waals surface area contributed by atoms with Gasteiger partial charge in [-0.2, -0.15) is 5.26 Å². The molecule has 0 aromatic heterocycles. The second-order valence-electron chi connectivity index (χ2n) is 5.30. The third-order valence-electron chi connectivity index (χ3n) is 3.52. The van der Waals surface area contributed by atoms with Crippen LogP contribution in [-0.2, 0) is 0 Å². The molecule has 1 fully saturated rings. The van der Waals surface area contributed by atoms with Crippen LogP contribution in [0.5, 0.6) is 0 Å². The molecule has 0 unspecified atom stereocenters. The summed E-state index contributed by atoms with van der Waals surface area (Å²) >= 11 is 0. The van der Waals surface area contributed by atoms with Crippen LogP contribution in [0.4, 0.5) is 4.79 Å². The Hall–Kier alpha value is -1.24. The molecule has 96 valence electrons. The Morgan fingerprint density at radius 3 is 2.47 bits per heavy atom. The van der Waals surface area contributed by atoms with E-state index >= 15 is 0 Å². The van der Waals surface area contributed by atoms with Crippen molar-refractivity contribution in [3.05, 3.63) is 0 Å². The second kappa shape index (κ2) is 5.90. The fourth-order valence-electron chi connectivity index (χ4n) is 2.36. The molecule has 1 saturated carbocycles. The van der Waals surface area contributed by atoms with Gasteiger partial charge in [0.2, 0.25) is 0 Å². The van der Waals surface area contributed by atoms with E-state index in [9.17, 15) is 10.1 Å². The minimum atomic E-state index is -0.648. The Morgan fingerprint density at radius 2 is 2.06 bits per heavy atom. The third-order valence-corrected chi connectivity index (χ3v) is 3.52. The lowest BCUT2D eigenvalue weighted by molar-refractivity contribution is 0.206. The van der Waals surface area contributed by atoms with Crippen molar-refractivity contribution in [1.82, 2.24) is 10.6 Å². The summed E-state index contributed by atoms with van der Waals surface area (Å²) in [5, 5.41) is 14.9. The lowest BCUT2D eigenvalue weighted by Crippen LogP contribution is -2.54. The number of nitriles is 1. The number of nitrogens with zero attached hydrogens (tertiary/aromatic N) is 1. The van der Waals surface area contributed by atoms with Gasteiger partial charge in [-0.05, 0) is 45.4 Å². The van der Waals surface area contributed by atoms with Crippen LogP contribution in [0.15, 0.2) is 0 Å². The zero-order chi connectivity index (χ0) is 12.9. The maximum absolute atomic E-state index is 11.7. The SMILES string of the molecule is CCC1CCC(C#N)(NC(=O)NC(C)C)CC1. The molecule has 0 aromatic rings. The van der Waals surface area contributed by atoms with Gasteiger partial charge in [0.05, 0.1) is 6.07 Å². The molecular weight excluding hydrogens is 214 g/mol. The average molecular weight is 237 g/mol. The summed E-state index contributed by atoms with van der Waals surface area (Å²) in [6.45, 7) is 6.00. The summed E-state index contributed by atoms with van der Waals surface area (Å²) in [5.41, 5.74) is -0.648. The van der Waals surface area contributed by atoms with Crippen LogP contribution in [0, 0.1) is 17.2 Å². The molecule has 0 bridgehead atoms. The van der Waals surface area contributed by atoms with Crippen molar-refractivity contribution in [2.75, 3.05) is 0 Å². The van der Waals surface area contributed by atoms with Gasteiger partial charge < -0.3 is 10.6 Å². The normalized spacial score (nSPS) is 28.5. The fraction of sp³-hybridized carbons (Fsp3) is 0.846. The van der Waals surface area contributed by atoms with Crippen molar-refractivity contribution in [2.24, 2.45) is 5.92 Å². The molecule has 0 aliphatic heterocycles. The lowest BCUT2D eigenvalue weighted by atomic mass is 9.76. The minimum absolute atomic E-state index is 0.0951. The van der Waals surface area contributed by atoms with Crippen molar-refractivity contribution in [1.29, 1.82) is 5.26 Å². The highest BCUT2D eigenvalue weighted by molar-refractivity contribution is 5.75. The lowest BCUT2D eigenvalue weighted by Gasteiger charge is -2.35. The van der Waals surface area contributed by atoms with E-state index in [2.05, 4.69) is 23.6 Å². The van der Waals surface area contributed by atoms with Crippen molar-refractivity contribution in [2.45, 2.75) is 64.5 Å². The van der Waals surface area contributed by atoms with Gasteiger partial charge in [0.1, 0.15) is 5.54 Å². The highest BCUT2D eigenvalue weighted by atomic mass is 16.2. The van der Waals surface area contributed by atoms with Gasteiger partial charge in [-0.25, -0.2) is 4.79 Å². The monoisotopic (exact) mass is 237 g/mol. The zero-order valence-corrected chi connectivity index (χ0v) is 11.0. The summed E-state index contributed by atoms with van der Waals surface area (Å²) < 4.78 is 0. The number of carbonyl (C=O) groups excluding carboxylic acids is 1. The number of hydrogen-bond donors (Lipinski definition) is 2. The molecule has 0 atom stereocenters. The van der Waals surface area contributed by atoms with Crippen molar-refractivity contribution in [3.63, 3.8) is 0 Å². The van der Waals surface area contributed by atoms with Crippen LogP contribution < -0.4 is 10.6 Å². The molecular formula is C13H23N3O. The van der Waals surface area contributed by atoms with Gasteiger partial charge >= 0.3 is 6.03 Å². The van der Waals surface area contributed by atoms with Crippen LogP contribution in [0.3, 0.4) is 0 Å². The number of hydrogen-bond acceptors (Lipinski definition) is 2. The number of nitrogens with one attached hydrogen (secondary N) is 2. The van der Waals surface area contributed by atoms with Crippen LogP contribution in [0.1, 0.15) is 52.9 Å². The van der Waals surface area contributed by atoms with Crippen LogP contribution in [0.2, 0.25) is 0 Å². The highest BCUT2D eigenvalue weighted by Gasteiger charge is 2.36. The molecule has 1 rings (SSSR count). The maximum Gasteiger partial charge on any atom is 0.316 e. The molecule has 4 nitrogen and oxygen atoms in total.